The van der Waals surface area contributed by atoms with Crippen LogP contribution in [0.3, 0.4) is 0 Å². The van der Waals surface area contributed by atoms with Gasteiger partial charge in [-0.25, -0.2) is 9.59 Å². The highest BCUT2D eigenvalue weighted by Crippen LogP contribution is 2.21. The average Bonchev–Trinajstić information content (AvgIpc) is 2.72. The molecular formula is C12H17ClN2O3S. The molecule has 5 nitrogen and oxygen atoms in total. The molecule has 0 fully saturated rings. The van der Waals surface area contributed by atoms with E-state index < -0.39 is 17.5 Å². The van der Waals surface area contributed by atoms with Crippen molar-refractivity contribution >= 4 is 34.9 Å². The molecule has 19 heavy (non-hydrogen) atoms. The maximum atomic E-state index is 11.7. The Balaban J connectivity index is 2.51. The number of carbonyl (C=O) groups is 2. The van der Waals surface area contributed by atoms with Gasteiger partial charge in [0.1, 0.15) is 5.54 Å². The molecule has 3 N–H and O–H groups in total. The third-order valence-corrected chi connectivity index (χ3v) is 3.89. The number of amides is 2. The molecule has 2 amide bonds. The Kier molecular flexibility index (Phi) is 5.62. The van der Waals surface area contributed by atoms with Crippen molar-refractivity contribution in [3.63, 3.8) is 0 Å². The Hall–Kier alpha value is -1.27. The van der Waals surface area contributed by atoms with Crippen molar-refractivity contribution in [2.45, 2.75) is 38.8 Å². The highest BCUT2D eigenvalue weighted by Gasteiger charge is 2.33. The van der Waals surface area contributed by atoms with Crippen LogP contribution in [0.1, 0.15) is 31.6 Å². The van der Waals surface area contributed by atoms with Gasteiger partial charge in [0.05, 0.1) is 10.9 Å². The summed E-state index contributed by atoms with van der Waals surface area (Å²) in [6.07, 6.45) is 1.05. The summed E-state index contributed by atoms with van der Waals surface area (Å²) >= 11 is 7.15. The largest absolute Gasteiger partial charge is 0.480 e. The summed E-state index contributed by atoms with van der Waals surface area (Å²) in [7, 11) is 0. The van der Waals surface area contributed by atoms with Crippen LogP contribution in [0.5, 0.6) is 0 Å². The summed E-state index contributed by atoms with van der Waals surface area (Å²) in [5.41, 5.74) is -1.24. The van der Waals surface area contributed by atoms with Crippen molar-refractivity contribution in [3.8, 4) is 0 Å². The predicted molar refractivity (Wildman–Crippen MR) is 75.6 cm³/mol. The summed E-state index contributed by atoms with van der Waals surface area (Å²) in [5.74, 6) is -1.04. The molecule has 0 aliphatic rings. The Morgan fingerprint density at radius 2 is 2.16 bits per heavy atom. The smallest absolute Gasteiger partial charge is 0.329 e. The van der Waals surface area contributed by atoms with Crippen LogP contribution in [0.15, 0.2) is 12.1 Å². The third-order valence-electron chi connectivity index (χ3n) is 2.66. The number of hydrogen-bond acceptors (Lipinski definition) is 3. The van der Waals surface area contributed by atoms with Crippen molar-refractivity contribution in [2.75, 3.05) is 0 Å². The van der Waals surface area contributed by atoms with Gasteiger partial charge in [0.25, 0.3) is 0 Å². The minimum absolute atomic E-state index is 0.324. The van der Waals surface area contributed by atoms with Gasteiger partial charge in [0, 0.05) is 4.88 Å². The normalized spacial score (nSPS) is 13.6. The fourth-order valence-corrected chi connectivity index (χ4v) is 2.66. The monoisotopic (exact) mass is 304 g/mol. The summed E-state index contributed by atoms with van der Waals surface area (Å²) in [6.45, 7) is 3.69. The van der Waals surface area contributed by atoms with Gasteiger partial charge < -0.3 is 15.7 Å². The second-order valence-corrected chi connectivity index (χ2v) is 6.20. The predicted octanol–water partition coefficient (Wildman–Crippen LogP) is 2.84. The number of rotatable bonds is 6. The Labute approximate surface area is 121 Å². The summed E-state index contributed by atoms with van der Waals surface area (Å²) in [4.78, 5) is 23.8. The minimum Gasteiger partial charge on any atom is -0.480 e. The molecule has 0 spiro atoms. The molecule has 0 radical (unpaired) electrons. The number of carbonyl (C=O) groups excluding carboxylic acids is 1. The number of carboxylic acid groups (broad SMARTS) is 1. The maximum Gasteiger partial charge on any atom is 0.329 e. The van der Waals surface area contributed by atoms with Crippen LogP contribution in [0.4, 0.5) is 4.79 Å². The standard InChI is InChI=1S/C12H17ClN2O3S/c1-3-6-12(2,10(16)17)15-11(18)14-7-8-4-5-9(13)19-8/h4-5H,3,6-7H2,1-2H3,(H,16,17)(H2,14,15,18). The third kappa shape index (κ3) is 4.72. The van der Waals surface area contributed by atoms with E-state index in [0.717, 1.165) is 4.88 Å². The molecule has 1 unspecified atom stereocenters. The fourth-order valence-electron chi connectivity index (χ4n) is 1.63. The van der Waals surface area contributed by atoms with E-state index in [2.05, 4.69) is 10.6 Å². The number of urea groups is 1. The maximum absolute atomic E-state index is 11.7. The number of carboxylic acids is 1. The van der Waals surface area contributed by atoms with Crippen molar-refractivity contribution in [1.82, 2.24) is 10.6 Å². The average molecular weight is 305 g/mol. The summed E-state index contributed by atoms with van der Waals surface area (Å²) in [6, 6.07) is 3.07. The number of aliphatic carboxylic acids is 1. The van der Waals surface area contributed by atoms with Gasteiger partial charge in [0.2, 0.25) is 0 Å². The zero-order chi connectivity index (χ0) is 14.5. The molecule has 106 valence electrons. The quantitative estimate of drug-likeness (QED) is 0.756. The SMILES string of the molecule is CCCC(C)(NC(=O)NCc1ccc(Cl)s1)C(=O)O. The first-order chi connectivity index (χ1) is 8.87. The van der Waals surface area contributed by atoms with E-state index in [1.165, 1.54) is 18.3 Å². The van der Waals surface area contributed by atoms with Crippen LogP contribution < -0.4 is 10.6 Å². The molecule has 0 aliphatic heterocycles. The highest BCUT2D eigenvalue weighted by molar-refractivity contribution is 7.16. The molecule has 0 saturated heterocycles. The van der Waals surface area contributed by atoms with Crippen LogP contribution >= 0.6 is 22.9 Å². The molecule has 1 aromatic heterocycles. The number of thiophene rings is 1. The van der Waals surface area contributed by atoms with Gasteiger partial charge in [0.15, 0.2) is 0 Å². The topological polar surface area (TPSA) is 78.4 Å². The second-order valence-electron chi connectivity index (χ2n) is 4.40. The first kappa shape index (κ1) is 15.8. The highest BCUT2D eigenvalue weighted by atomic mass is 35.5. The van der Waals surface area contributed by atoms with Gasteiger partial charge in [-0.15, -0.1) is 11.3 Å². The van der Waals surface area contributed by atoms with Gasteiger partial charge in [-0.2, -0.15) is 0 Å². The molecule has 1 atom stereocenters. The van der Waals surface area contributed by atoms with Gasteiger partial charge in [-0.3, -0.25) is 0 Å². The second kappa shape index (κ2) is 6.77. The fraction of sp³-hybridized carbons (Fsp3) is 0.500. The van der Waals surface area contributed by atoms with E-state index in [1.54, 1.807) is 6.07 Å². The molecule has 1 aromatic rings. The lowest BCUT2D eigenvalue weighted by Gasteiger charge is -2.25. The molecule has 0 saturated carbocycles. The lowest BCUT2D eigenvalue weighted by molar-refractivity contribution is -0.144. The molecule has 1 rings (SSSR count). The van der Waals surface area contributed by atoms with Crippen LogP contribution in [0.25, 0.3) is 0 Å². The molecule has 7 heteroatoms. The van der Waals surface area contributed by atoms with Gasteiger partial charge in [-0.05, 0) is 25.5 Å². The Bertz CT molecular complexity index is 464. The number of hydrogen-bond donors (Lipinski definition) is 3. The lowest BCUT2D eigenvalue weighted by atomic mass is 9.97. The van der Waals surface area contributed by atoms with Crippen molar-refractivity contribution < 1.29 is 14.7 Å². The van der Waals surface area contributed by atoms with E-state index in [9.17, 15) is 9.59 Å². The van der Waals surface area contributed by atoms with E-state index >= 15 is 0 Å². The van der Waals surface area contributed by atoms with E-state index in [4.69, 9.17) is 16.7 Å². The van der Waals surface area contributed by atoms with Crippen molar-refractivity contribution in [3.05, 3.63) is 21.3 Å². The lowest BCUT2D eigenvalue weighted by Crippen LogP contribution is -2.54. The molecular weight excluding hydrogens is 288 g/mol. The van der Waals surface area contributed by atoms with E-state index in [-0.39, 0.29) is 0 Å². The minimum atomic E-state index is -1.24. The van der Waals surface area contributed by atoms with Crippen LogP contribution in [0, 0.1) is 0 Å². The van der Waals surface area contributed by atoms with Gasteiger partial charge in [-0.1, -0.05) is 24.9 Å². The zero-order valence-corrected chi connectivity index (χ0v) is 12.4. The van der Waals surface area contributed by atoms with Crippen molar-refractivity contribution in [1.29, 1.82) is 0 Å². The molecule has 0 bridgehead atoms. The first-order valence-electron chi connectivity index (χ1n) is 5.91. The van der Waals surface area contributed by atoms with Crippen molar-refractivity contribution in [2.24, 2.45) is 0 Å². The number of nitrogens with one attached hydrogen (secondary N) is 2. The van der Waals surface area contributed by atoms with E-state index in [1.807, 2.05) is 13.0 Å². The molecule has 0 aliphatic carbocycles. The molecule has 1 heterocycles. The first-order valence-corrected chi connectivity index (χ1v) is 7.10. The zero-order valence-electron chi connectivity index (χ0n) is 10.8. The van der Waals surface area contributed by atoms with Gasteiger partial charge >= 0.3 is 12.0 Å². The summed E-state index contributed by atoms with van der Waals surface area (Å²) < 4.78 is 0.651. The van der Waals surface area contributed by atoms with Crippen LogP contribution in [0.2, 0.25) is 4.34 Å². The Morgan fingerprint density at radius 3 is 2.63 bits per heavy atom. The summed E-state index contributed by atoms with van der Waals surface area (Å²) in [5, 5.41) is 14.3. The van der Waals surface area contributed by atoms with Crippen LogP contribution in [-0.2, 0) is 11.3 Å². The molecule has 0 aromatic carbocycles. The Morgan fingerprint density at radius 1 is 1.47 bits per heavy atom. The number of halogens is 1. The van der Waals surface area contributed by atoms with Crippen LogP contribution in [-0.4, -0.2) is 22.6 Å². The van der Waals surface area contributed by atoms with E-state index in [0.29, 0.717) is 23.7 Å².